The number of pyridine rings is 1. The van der Waals surface area contributed by atoms with E-state index in [1.54, 1.807) is 24.4 Å². The van der Waals surface area contributed by atoms with Gasteiger partial charge in [0.2, 0.25) is 0 Å². The average Bonchev–Trinajstić information content (AvgIpc) is 2.87. The minimum absolute atomic E-state index is 0.187. The van der Waals surface area contributed by atoms with Crippen LogP contribution in [0.25, 0.3) is 10.9 Å². The Labute approximate surface area is 204 Å². The number of benzene rings is 3. The monoisotopic (exact) mass is 514 g/mol. The lowest BCUT2D eigenvalue weighted by Gasteiger charge is -2.10. The number of fused-ring (bicyclic) bond motifs is 1. The molecule has 7 nitrogen and oxygen atoms in total. The molecule has 34 heavy (non-hydrogen) atoms. The van der Waals surface area contributed by atoms with Gasteiger partial charge in [-0.3, -0.25) is 9.78 Å². The molecule has 8 heteroatoms. The highest BCUT2D eigenvalue weighted by Crippen LogP contribution is 2.27. The Hall–Kier alpha value is -4.22. The number of nitriles is 1. The molecular formula is C26H19BrN4O3. The highest BCUT2D eigenvalue weighted by atomic mass is 79.9. The van der Waals surface area contributed by atoms with Gasteiger partial charge in [0, 0.05) is 17.1 Å². The smallest absolute Gasteiger partial charge is 0.277 e. The van der Waals surface area contributed by atoms with Crippen LogP contribution in [-0.2, 0) is 11.4 Å². The molecule has 0 saturated carbocycles. The van der Waals surface area contributed by atoms with E-state index in [0.717, 1.165) is 21.0 Å². The highest BCUT2D eigenvalue weighted by molar-refractivity contribution is 9.10. The van der Waals surface area contributed by atoms with Crippen molar-refractivity contribution in [3.8, 4) is 17.6 Å². The highest BCUT2D eigenvalue weighted by Gasteiger charge is 2.07. The van der Waals surface area contributed by atoms with Gasteiger partial charge in [0.15, 0.2) is 6.61 Å². The number of hydrogen-bond donors (Lipinski definition) is 1. The van der Waals surface area contributed by atoms with Gasteiger partial charge in [-0.1, -0.05) is 36.4 Å². The minimum atomic E-state index is -0.389. The number of carbonyl (C=O) groups is 1. The molecule has 1 aromatic heterocycles. The van der Waals surface area contributed by atoms with Gasteiger partial charge in [-0.25, -0.2) is 5.43 Å². The molecule has 0 fully saturated rings. The van der Waals surface area contributed by atoms with Crippen LogP contribution >= 0.6 is 15.9 Å². The number of hydrogen-bond acceptors (Lipinski definition) is 6. The Morgan fingerprint density at radius 3 is 2.76 bits per heavy atom. The van der Waals surface area contributed by atoms with Gasteiger partial charge in [-0.15, -0.1) is 0 Å². The number of nitrogens with zero attached hydrogens (tertiary/aromatic N) is 3. The van der Waals surface area contributed by atoms with Gasteiger partial charge in [0.1, 0.15) is 23.6 Å². The van der Waals surface area contributed by atoms with Gasteiger partial charge in [0.05, 0.1) is 22.3 Å². The number of halogens is 1. The largest absolute Gasteiger partial charge is 0.488 e. The van der Waals surface area contributed by atoms with E-state index in [-0.39, 0.29) is 19.1 Å². The molecule has 0 bridgehead atoms. The third-order valence-electron chi connectivity index (χ3n) is 4.83. The van der Waals surface area contributed by atoms with E-state index in [0.29, 0.717) is 22.6 Å². The number of aromatic nitrogens is 1. The molecule has 4 aromatic rings. The van der Waals surface area contributed by atoms with E-state index < -0.39 is 0 Å². The zero-order valence-electron chi connectivity index (χ0n) is 17.9. The van der Waals surface area contributed by atoms with Crippen molar-refractivity contribution in [1.82, 2.24) is 10.4 Å². The van der Waals surface area contributed by atoms with Crippen molar-refractivity contribution in [2.24, 2.45) is 5.10 Å². The first-order chi connectivity index (χ1) is 16.6. The molecule has 4 rings (SSSR count). The average molecular weight is 515 g/mol. The Balaban J connectivity index is 1.30. The Bertz CT molecular complexity index is 1390. The van der Waals surface area contributed by atoms with Crippen LogP contribution in [0.4, 0.5) is 0 Å². The molecular weight excluding hydrogens is 496 g/mol. The maximum absolute atomic E-state index is 12.1. The predicted octanol–water partition coefficient (Wildman–Crippen LogP) is 4.98. The molecule has 0 radical (unpaired) electrons. The summed E-state index contributed by atoms with van der Waals surface area (Å²) in [6.07, 6.45) is 3.20. The molecule has 0 spiro atoms. The molecule has 0 aliphatic heterocycles. The van der Waals surface area contributed by atoms with Crippen molar-refractivity contribution in [3.05, 3.63) is 100 Å². The van der Waals surface area contributed by atoms with E-state index in [4.69, 9.17) is 9.47 Å². The molecule has 1 heterocycles. The van der Waals surface area contributed by atoms with Crippen molar-refractivity contribution in [1.29, 1.82) is 5.26 Å². The maximum atomic E-state index is 12.1. The van der Waals surface area contributed by atoms with E-state index in [2.05, 4.69) is 37.5 Å². The standard InChI is InChI=1S/C26H19BrN4O3/c27-22-13-18(10-11-23(22)33-16-21-6-2-1-5-20(21)14-28)15-30-31-25(32)17-34-24-9-3-7-19-8-4-12-29-26(19)24/h1-13,15H,16-17H2,(H,31,32)/b30-15-. The molecule has 0 aliphatic rings. The lowest BCUT2D eigenvalue weighted by molar-refractivity contribution is -0.123. The first-order valence-electron chi connectivity index (χ1n) is 10.3. The van der Waals surface area contributed by atoms with Gasteiger partial charge in [0.25, 0.3) is 5.91 Å². The van der Waals surface area contributed by atoms with Crippen molar-refractivity contribution < 1.29 is 14.3 Å². The summed E-state index contributed by atoms with van der Waals surface area (Å²) in [6.45, 7) is 0.0890. The molecule has 1 amide bonds. The number of amides is 1. The maximum Gasteiger partial charge on any atom is 0.277 e. The fraction of sp³-hybridized carbons (Fsp3) is 0.0769. The number of ether oxygens (including phenoxy) is 2. The molecule has 0 saturated heterocycles. The van der Waals surface area contributed by atoms with Crippen LogP contribution in [0.1, 0.15) is 16.7 Å². The van der Waals surface area contributed by atoms with E-state index in [1.807, 2.05) is 54.6 Å². The van der Waals surface area contributed by atoms with Crippen molar-refractivity contribution in [2.45, 2.75) is 6.61 Å². The van der Waals surface area contributed by atoms with Crippen LogP contribution in [0.3, 0.4) is 0 Å². The quantitative estimate of drug-likeness (QED) is 0.264. The van der Waals surface area contributed by atoms with Crippen LogP contribution in [0.15, 0.2) is 88.6 Å². The second-order valence-electron chi connectivity index (χ2n) is 7.16. The van der Waals surface area contributed by atoms with Crippen LogP contribution in [0.2, 0.25) is 0 Å². The zero-order valence-corrected chi connectivity index (χ0v) is 19.5. The minimum Gasteiger partial charge on any atom is -0.488 e. The summed E-state index contributed by atoms with van der Waals surface area (Å²) in [6, 6.07) is 24.2. The normalized spacial score (nSPS) is 10.7. The van der Waals surface area contributed by atoms with Crippen LogP contribution < -0.4 is 14.9 Å². The van der Waals surface area contributed by atoms with Gasteiger partial charge >= 0.3 is 0 Å². The first-order valence-corrected chi connectivity index (χ1v) is 11.1. The molecule has 0 unspecified atom stereocenters. The molecule has 0 aliphatic carbocycles. The number of hydrazone groups is 1. The molecule has 3 aromatic carbocycles. The first kappa shape index (κ1) is 23.0. The number of para-hydroxylation sites is 1. The zero-order chi connectivity index (χ0) is 23.8. The summed E-state index contributed by atoms with van der Waals surface area (Å²) < 4.78 is 12.2. The van der Waals surface area contributed by atoms with Gasteiger partial charge in [-0.2, -0.15) is 10.4 Å². The summed E-state index contributed by atoms with van der Waals surface area (Å²) in [4.78, 5) is 16.4. The Morgan fingerprint density at radius 1 is 1.06 bits per heavy atom. The van der Waals surface area contributed by atoms with E-state index in [1.165, 1.54) is 6.21 Å². The summed E-state index contributed by atoms with van der Waals surface area (Å²) in [5.41, 5.74) is 5.30. The van der Waals surface area contributed by atoms with Crippen molar-refractivity contribution in [2.75, 3.05) is 6.61 Å². The SMILES string of the molecule is N#Cc1ccccc1COc1ccc(/C=N\NC(=O)COc2cccc3cccnc23)cc1Br. The number of carbonyl (C=O) groups excluding carboxylic acids is 1. The summed E-state index contributed by atoms with van der Waals surface area (Å²) in [5, 5.41) is 14.1. The molecule has 0 atom stereocenters. The van der Waals surface area contributed by atoms with E-state index in [9.17, 15) is 10.1 Å². The third-order valence-corrected chi connectivity index (χ3v) is 5.45. The van der Waals surface area contributed by atoms with Crippen LogP contribution in [0.5, 0.6) is 11.5 Å². The second kappa shape index (κ2) is 11.1. The lowest BCUT2D eigenvalue weighted by atomic mass is 10.1. The van der Waals surface area contributed by atoms with Crippen molar-refractivity contribution >= 4 is 39.0 Å². The molecule has 1 N–H and O–H groups in total. The van der Waals surface area contributed by atoms with Crippen LogP contribution in [-0.4, -0.2) is 23.7 Å². The molecule has 168 valence electrons. The fourth-order valence-corrected chi connectivity index (χ4v) is 3.68. The van der Waals surface area contributed by atoms with Crippen molar-refractivity contribution in [3.63, 3.8) is 0 Å². The van der Waals surface area contributed by atoms with E-state index >= 15 is 0 Å². The Kier molecular flexibility index (Phi) is 7.48. The second-order valence-corrected chi connectivity index (χ2v) is 8.01. The predicted molar refractivity (Wildman–Crippen MR) is 133 cm³/mol. The topological polar surface area (TPSA) is 96.6 Å². The third kappa shape index (κ3) is 5.77. The summed E-state index contributed by atoms with van der Waals surface area (Å²) in [5.74, 6) is 0.777. The summed E-state index contributed by atoms with van der Waals surface area (Å²) in [7, 11) is 0. The lowest BCUT2D eigenvalue weighted by Crippen LogP contribution is -2.24. The number of nitrogens with one attached hydrogen (secondary N) is 1. The number of rotatable bonds is 8. The summed E-state index contributed by atoms with van der Waals surface area (Å²) >= 11 is 3.48. The van der Waals surface area contributed by atoms with Gasteiger partial charge < -0.3 is 9.47 Å². The Morgan fingerprint density at radius 2 is 1.91 bits per heavy atom. The van der Waals surface area contributed by atoms with Crippen LogP contribution in [0, 0.1) is 11.3 Å². The van der Waals surface area contributed by atoms with Gasteiger partial charge in [-0.05, 0) is 57.9 Å². The fourth-order valence-electron chi connectivity index (χ4n) is 3.17.